The summed E-state index contributed by atoms with van der Waals surface area (Å²) in [6.07, 6.45) is 0.602. The van der Waals surface area contributed by atoms with Gasteiger partial charge in [-0.05, 0) is 19.8 Å². The molecule has 1 fully saturated rings. The summed E-state index contributed by atoms with van der Waals surface area (Å²) < 4.78 is 22.7. The molecule has 2 atom stereocenters. The van der Waals surface area contributed by atoms with Crippen LogP contribution in [0.4, 0.5) is 4.79 Å². The Morgan fingerprint density at radius 1 is 1.44 bits per heavy atom. The van der Waals surface area contributed by atoms with Crippen LogP contribution in [0, 0.1) is 0 Å². The van der Waals surface area contributed by atoms with E-state index in [2.05, 4.69) is 10.6 Å². The summed E-state index contributed by atoms with van der Waals surface area (Å²) in [4.78, 5) is 22.4. The zero-order chi connectivity index (χ0) is 14.0. The van der Waals surface area contributed by atoms with Crippen molar-refractivity contribution in [2.24, 2.45) is 0 Å². The van der Waals surface area contributed by atoms with Gasteiger partial charge in [0, 0.05) is 0 Å². The Hall–Kier alpha value is -1.31. The summed E-state index contributed by atoms with van der Waals surface area (Å²) in [6, 6.07) is -1.62. The fourth-order valence-corrected chi connectivity index (χ4v) is 4.01. The molecule has 104 valence electrons. The SMILES string of the molecule is CC[C@@H](NC(=O)NC1(C)CCS(=O)(=O)C1)C(=O)O. The molecule has 0 saturated carbocycles. The van der Waals surface area contributed by atoms with E-state index < -0.39 is 33.4 Å². The Morgan fingerprint density at radius 2 is 2.06 bits per heavy atom. The monoisotopic (exact) mass is 278 g/mol. The third-order valence-corrected chi connectivity index (χ3v) is 4.83. The van der Waals surface area contributed by atoms with E-state index in [-0.39, 0.29) is 17.9 Å². The number of aliphatic carboxylic acids is 1. The van der Waals surface area contributed by atoms with Gasteiger partial charge in [0.25, 0.3) is 0 Å². The van der Waals surface area contributed by atoms with Crippen LogP contribution in [0.5, 0.6) is 0 Å². The Balaban J connectivity index is 2.58. The lowest BCUT2D eigenvalue weighted by molar-refractivity contribution is -0.139. The summed E-state index contributed by atoms with van der Waals surface area (Å²) in [5, 5.41) is 13.6. The molecule has 2 amide bonds. The molecule has 0 aromatic carbocycles. The van der Waals surface area contributed by atoms with E-state index in [1.165, 1.54) is 0 Å². The number of hydrogen-bond donors (Lipinski definition) is 3. The fraction of sp³-hybridized carbons (Fsp3) is 0.800. The van der Waals surface area contributed by atoms with Gasteiger partial charge >= 0.3 is 12.0 Å². The molecular weight excluding hydrogens is 260 g/mol. The molecule has 1 aliphatic heterocycles. The normalized spacial score (nSPS) is 27.4. The molecule has 1 heterocycles. The summed E-state index contributed by atoms with van der Waals surface area (Å²) in [7, 11) is -3.11. The van der Waals surface area contributed by atoms with Gasteiger partial charge in [-0.1, -0.05) is 6.92 Å². The maximum Gasteiger partial charge on any atom is 0.326 e. The van der Waals surface area contributed by atoms with Gasteiger partial charge in [0.15, 0.2) is 9.84 Å². The topological polar surface area (TPSA) is 113 Å². The molecule has 7 nitrogen and oxygen atoms in total. The molecule has 0 aromatic rings. The smallest absolute Gasteiger partial charge is 0.326 e. The quantitative estimate of drug-likeness (QED) is 0.655. The summed E-state index contributed by atoms with van der Waals surface area (Å²) in [5.41, 5.74) is -0.820. The van der Waals surface area contributed by atoms with Gasteiger partial charge in [0.05, 0.1) is 17.0 Å². The minimum atomic E-state index is -3.11. The maximum absolute atomic E-state index is 11.6. The zero-order valence-corrected chi connectivity index (χ0v) is 11.2. The minimum absolute atomic E-state index is 0.0416. The van der Waals surface area contributed by atoms with Gasteiger partial charge in [-0.15, -0.1) is 0 Å². The molecular formula is C10H18N2O5S. The first-order valence-electron chi connectivity index (χ1n) is 5.69. The first-order valence-corrected chi connectivity index (χ1v) is 7.51. The molecule has 0 spiro atoms. The van der Waals surface area contributed by atoms with Crippen molar-refractivity contribution in [3.63, 3.8) is 0 Å². The average molecular weight is 278 g/mol. The van der Waals surface area contributed by atoms with Gasteiger partial charge in [-0.25, -0.2) is 18.0 Å². The molecule has 0 aliphatic carbocycles. The van der Waals surface area contributed by atoms with Crippen LogP contribution in [0.3, 0.4) is 0 Å². The highest BCUT2D eigenvalue weighted by molar-refractivity contribution is 7.91. The van der Waals surface area contributed by atoms with E-state index in [1.54, 1.807) is 13.8 Å². The largest absolute Gasteiger partial charge is 0.480 e. The summed E-state index contributed by atoms with van der Waals surface area (Å²) in [5.74, 6) is -1.19. The summed E-state index contributed by atoms with van der Waals surface area (Å²) >= 11 is 0. The van der Waals surface area contributed by atoms with E-state index in [0.29, 0.717) is 6.42 Å². The maximum atomic E-state index is 11.6. The van der Waals surface area contributed by atoms with Crippen molar-refractivity contribution < 1.29 is 23.1 Å². The van der Waals surface area contributed by atoms with Gasteiger partial charge in [0.1, 0.15) is 6.04 Å². The van der Waals surface area contributed by atoms with Crippen LogP contribution >= 0.6 is 0 Å². The third-order valence-electron chi connectivity index (χ3n) is 2.93. The Bertz CT molecular complexity index is 447. The Kier molecular flexibility index (Phi) is 4.20. The van der Waals surface area contributed by atoms with Crippen LogP contribution < -0.4 is 10.6 Å². The van der Waals surface area contributed by atoms with Crippen LogP contribution in [0.1, 0.15) is 26.7 Å². The van der Waals surface area contributed by atoms with Crippen molar-refractivity contribution >= 4 is 21.8 Å². The molecule has 1 rings (SSSR count). The van der Waals surface area contributed by atoms with Gasteiger partial charge in [-0.3, -0.25) is 0 Å². The highest BCUT2D eigenvalue weighted by Crippen LogP contribution is 2.22. The molecule has 8 heteroatoms. The molecule has 3 N–H and O–H groups in total. The average Bonchev–Trinajstić information content (AvgIpc) is 2.48. The number of carboxylic acid groups (broad SMARTS) is 1. The van der Waals surface area contributed by atoms with Crippen LogP contribution in [-0.4, -0.2) is 48.6 Å². The van der Waals surface area contributed by atoms with E-state index in [9.17, 15) is 18.0 Å². The van der Waals surface area contributed by atoms with Crippen molar-refractivity contribution in [3.8, 4) is 0 Å². The number of nitrogens with one attached hydrogen (secondary N) is 2. The van der Waals surface area contributed by atoms with E-state index in [4.69, 9.17) is 5.11 Å². The van der Waals surface area contributed by atoms with E-state index in [0.717, 1.165) is 0 Å². The molecule has 1 saturated heterocycles. The van der Waals surface area contributed by atoms with Gasteiger partial charge in [0.2, 0.25) is 0 Å². The van der Waals surface area contributed by atoms with E-state index in [1.807, 2.05) is 0 Å². The van der Waals surface area contributed by atoms with Crippen molar-refractivity contribution in [2.75, 3.05) is 11.5 Å². The van der Waals surface area contributed by atoms with Crippen molar-refractivity contribution in [1.82, 2.24) is 10.6 Å². The Morgan fingerprint density at radius 3 is 2.44 bits per heavy atom. The van der Waals surface area contributed by atoms with Crippen LogP contribution in [0.2, 0.25) is 0 Å². The second kappa shape index (κ2) is 5.13. The molecule has 0 bridgehead atoms. The number of sulfone groups is 1. The number of rotatable bonds is 4. The number of hydrogen-bond acceptors (Lipinski definition) is 4. The first-order chi connectivity index (χ1) is 8.17. The van der Waals surface area contributed by atoms with Crippen LogP contribution in [0.25, 0.3) is 0 Å². The van der Waals surface area contributed by atoms with Gasteiger partial charge in [-0.2, -0.15) is 0 Å². The van der Waals surface area contributed by atoms with Crippen molar-refractivity contribution in [1.29, 1.82) is 0 Å². The Labute approximate surface area is 106 Å². The number of carbonyl (C=O) groups excluding carboxylic acids is 1. The number of amides is 2. The fourth-order valence-electron chi connectivity index (χ4n) is 1.92. The molecule has 18 heavy (non-hydrogen) atoms. The predicted octanol–water partition coefficient (Wildman–Crippen LogP) is -0.274. The molecule has 0 radical (unpaired) electrons. The lowest BCUT2D eigenvalue weighted by Crippen LogP contribution is -2.54. The van der Waals surface area contributed by atoms with Crippen LogP contribution in [0.15, 0.2) is 0 Å². The second-order valence-corrected chi connectivity index (χ2v) is 6.98. The highest BCUT2D eigenvalue weighted by atomic mass is 32.2. The standard InChI is InChI=1S/C10H18N2O5S/c1-3-7(8(13)14)11-9(15)12-10(2)4-5-18(16,17)6-10/h7H,3-6H2,1-2H3,(H,13,14)(H2,11,12,15)/t7-,10?/m1/s1. The van der Waals surface area contributed by atoms with Crippen molar-refractivity contribution in [3.05, 3.63) is 0 Å². The van der Waals surface area contributed by atoms with Crippen molar-refractivity contribution in [2.45, 2.75) is 38.3 Å². The molecule has 1 aliphatic rings. The lowest BCUT2D eigenvalue weighted by atomic mass is 10.0. The number of urea groups is 1. The van der Waals surface area contributed by atoms with Gasteiger partial charge < -0.3 is 15.7 Å². The first kappa shape index (κ1) is 14.7. The minimum Gasteiger partial charge on any atom is -0.480 e. The highest BCUT2D eigenvalue weighted by Gasteiger charge is 2.39. The number of carboxylic acids is 1. The van der Waals surface area contributed by atoms with Crippen LogP contribution in [-0.2, 0) is 14.6 Å². The second-order valence-electron chi connectivity index (χ2n) is 4.80. The molecule has 0 aromatic heterocycles. The lowest BCUT2D eigenvalue weighted by Gasteiger charge is -2.25. The third kappa shape index (κ3) is 3.86. The summed E-state index contributed by atoms with van der Waals surface area (Å²) in [6.45, 7) is 3.28. The predicted molar refractivity (Wildman–Crippen MR) is 65.1 cm³/mol. The zero-order valence-electron chi connectivity index (χ0n) is 10.4. The van der Waals surface area contributed by atoms with E-state index >= 15 is 0 Å². The number of carbonyl (C=O) groups is 2. The molecule has 1 unspecified atom stereocenters.